The summed E-state index contributed by atoms with van der Waals surface area (Å²) >= 11 is 0. The molecule has 0 spiro atoms. The fourth-order valence-corrected chi connectivity index (χ4v) is 8.13. The van der Waals surface area contributed by atoms with E-state index in [1.807, 2.05) is 0 Å². The zero-order valence-electron chi connectivity index (χ0n) is 41.1. The topological polar surface area (TPSA) is 78.9 Å². The van der Waals surface area contributed by atoms with Crippen LogP contribution in [0.25, 0.3) is 0 Å². The fraction of sp³-hybridized carbons (Fsp3) is 0.944. The minimum atomic E-state index is -0.762. The van der Waals surface area contributed by atoms with Crippen molar-refractivity contribution in [2.45, 2.75) is 304 Å². The number of carbonyl (C=O) groups is 3. The van der Waals surface area contributed by atoms with E-state index in [2.05, 4.69) is 34.6 Å². The molecule has 2 atom stereocenters. The lowest BCUT2D eigenvalue weighted by atomic mass is 9.99. The fourth-order valence-electron chi connectivity index (χ4n) is 8.13. The Morgan fingerprint density at radius 3 is 0.950 bits per heavy atom. The molecule has 0 aliphatic rings. The lowest BCUT2D eigenvalue weighted by Gasteiger charge is -2.18. The Morgan fingerprint density at radius 2 is 0.633 bits per heavy atom. The molecule has 0 N–H and O–H groups in total. The molecular formula is C54H104O6. The second-order valence-electron chi connectivity index (χ2n) is 19.2. The molecule has 0 radical (unpaired) electrons. The summed E-state index contributed by atoms with van der Waals surface area (Å²) in [6.45, 7) is 11.4. The normalized spacial score (nSPS) is 12.5. The first-order valence-corrected chi connectivity index (χ1v) is 26.8. The molecule has 0 aromatic rings. The molecule has 1 unspecified atom stereocenters. The van der Waals surface area contributed by atoms with Crippen molar-refractivity contribution in [3.05, 3.63) is 0 Å². The van der Waals surface area contributed by atoms with Gasteiger partial charge in [0.1, 0.15) is 13.2 Å². The van der Waals surface area contributed by atoms with Crippen LogP contribution in [0.3, 0.4) is 0 Å². The minimum Gasteiger partial charge on any atom is -0.462 e. The van der Waals surface area contributed by atoms with Gasteiger partial charge in [0.2, 0.25) is 0 Å². The van der Waals surface area contributed by atoms with Crippen LogP contribution in [0.1, 0.15) is 298 Å². The van der Waals surface area contributed by atoms with E-state index in [0.717, 1.165) is 69.6 Å². The Bertz CT molecular complexity index is 918. The van der Waals surface area contributed by atoms with E-state index in [4.69, 9.17) is 14.2 Å². The van der Waals surface area contributed by atoms with Gasteiger partial charge in [-0.2, -0.15) is 0 Å². The first-order valence-electron chi connectivity index (χ1n) is 26.8. The molecule has 0 heterocycles. The van der Waals surface area contributed by atoms with E-state index in [0.29, 0.717) is 19.3 Å². The van der Waals surface area contributed by atoms with Gasteiger partial charge >= 0.3 is 17.9 Å². The summed E-state index contributed by atoms with van der Waals surface area (Å²) in [7, 11) is 0. The van der Waals surface area contributed by atoms with Gasteiger partial charge < -0.3 is 14.2 Å². The number of hydrogen-bond donors (Lipinski definition) is 0. The van der Waals surface area contributed by atoms with Crippen LogP contribution in [0, 0.1) is 11.8 Å². The molecule has 0 aromatic heterocycles. The molecular weight excluding hydrogens is 745 g/mol. The SMILES string of the molecule is CCCCCCCCCCCCCCCCC(=O)O[C@H](COC(=O)CCCCCCCCCCCCCCCC(C)C)COC(=O)CCCCCCCCCCC(C)CC. The van der Waals surface area contributed by atoms with Crippen LogP contribution < -0.4 is 0 Å². The van der Waals surface area contributed by atoms with E-state index in [1.54, 1.807) is 0 Å². The van der Waals surface area contributed by atoms with Gasteiger partial charge in [0.25, 0.3) is 0 Å². The molecule has 0 rings (SSSR count). The van der Waals surface area contributed by atoms with E-state index in [9.17, 15) is 14.4 Å². The average Bonchev–Trinajstić information content (AvgIpc) is 3.23. The zero-order chi connectivity index (χ0) is 44.0. The molecule has 6 heteroatoms. The minimum absolute atomic E-state index is 0.0636. The van der Waals surface area contributed by atoms with E-state index >= 15 is 0 Å². The Labute approximate surface area is 374 Å². The molecule has 60 heavy (non-hydrogen) atoms. The maximum Gasteiger partial charge on any atom is 0.306 e. The monoisotopic (exact) mass is 849 g/mol. The predicted molar refractivity (Wildman–Crippen MR) is 256 cm³/mol. The number of unbranched alkanes of at least 4 members (excludes halogenated alkanes) is 32. The van der Waals surface area contributed by atoms with Gasteiger partial charge in [0.05, 0.1) is 0 Å². The molecule has 0 aliphatic carbocycles. The number of esters is 3. The number of carbonyl (C=O) groups excluding carboxylic acids is 3. The van der Waals surface area contributed by atoms with Crippen LogP contribution in [0.4, 0.5) is 0 Å². The summed E-state index contributed by atoms with van der Waals surface area (Å²) in [6.07, 6.45) is 47.9. The molecule has 356 valence electrons. The number of hydrogen-bond acceptors (Lipinski definition) is 6. The quantitative estimate of drug-likeness (QED) is 0.0345. The van der Waals surface area contributed by atoms with Gasteiger partial charge in [-0.25, -0.2) is 0 Å². The van der Waals surface area contributed by atoms with Crippen LogP contribution in [0.2, 0.25) is 0 Å². The summed E-state index contributed by atoms with van der Waals surface area (Å²) in [5.74, 6) is 0.841. The van der Waals surface area contributed by atoms with Crippen molar-refractivity contribution < 1.29 is 28.6 Å². The lowest BCUT2D eigenvalue weighted by molar-refractivity contribution is -0.167. The smallest absolute Gasteiger partial charge is 0.306 e. The number of rotatable bonds is 48. The Kier molecular flexibility index (Phi) is 45.7. The Hall–Kier alpha value is -1.59. The van der Waals surface area contributed by atoms with E-state index < -0.39 is 6.10 Å². The standard InChI is InChI=1S/C54H104O6/c1-6-8-9-10-11-12-13-14-17-21-24-31-36-41-46-54(57)60-51(48-59-53(56)45-40-35-30-26-25-28-33-38-43-50(5)7-2)47-58-52(55)44-39-34-29-23-20-18-15-16-19-22-27-32-37-42-49(3)4/h49-51H,6-48H2,1-5H3/t50?,51-/m1/s1. The van der Waals surface area contributed by atoms with Crippen molar-refractivity contribution in [1.29, 1.82) is 0 Å². The Balaban J connectivity index is 4.31. The summed E-state index contributed by atoms with van der Waals surface area (Å²) in [5, 5.41) is 0. The first kappa shape index (κ1) is 58.4. The van der Waals surface area contributed by atoms with Crippen molar-refractivity contribution in [3.8, 4) is 0 Å². The third kappa shape index (κ3) is 45.9. The first-order chi connectivity index (χ1) is 29.3. The van der Waals surface area contributed by atoms with Gasteiger partial charge in [-0.05, 0) is 31.1 Å². The van der Waals surface area contributed by atoms with Gasteiger partial charge in [-0.3, -0.25) is 14.4 Å². The second kappa shape index (κ2) is 46.9. The van der Waals surface area contributed by atoms with Crippen molar-refractivity contribution in [2.75, 3.05) is 13.2 Å². The van der Waals surface area contributed by atoms with Gasteiger partial charge in [0, 0.05) is 19.3 Å². The summed E-state index contributed by atoms with van der Waals surface area (Å²) in [5.41, 5.74) is 0. The molecule has 0 bridgehead atoms. The summed E-state index contributed by atoms with van der Waals surface area (Å²) < 4.78 is 16.8. The van der Waals surface area contributed by atoms with Crippen LogP contribution in [0.5, 0.6) is 0 Å². The maximum absolute atomic E-state index is 12.8. The summed E-state index contributed by atoms with van der Waals surface area (Å²) in [4.78, 5) is 38.0. The molecule has 0 fully saturated rings. The van der Waals surface area contributed by atoms with Gasteiger partial charge in [-0.15, -0.1) is 0 Å². The highest BCUT2D eigenvalue weighted by Gasteiger charge is 2.19. The van der Waals surface area contributed by atoms with Crippen molar-refractivity contribution in [3.63, 3.8) is 0 Å². The van der Waals surface area contributed by atoms with E-state index in [-0.39, 0.29) is 31.1 Å². The lowest BCUT2D eigenvalue weighted by Crippen LogP contribution is -2.30. The third-order valence-electron chi connectivity index (χ3n) is 12.6. The van der Waals surface area contributed by atoms with Crippen molar-refractivity contribution in [1.82, 2.24) is 0 Å². The highest BCUT2D eigenvalue weighted by molar-refractivity contribution is 5.71. The Morgan fingerprint density at radius 1 is 0.350 bits per heavy atom. The molecule has 0 saturated heterocycles. The molecule has 0 amide bonds. The molecule has 6 nitrogen and oxygen atoms in total. The maximum atomic E-state index is 12.8. The van der Waals surface area contributed by atoms with Gasteiger partial charge in [0.15, 0.2) is 6.10 Å². The van der Waals surface area contributed by atoms with Gasteiger partial charge in [-0.1, -0.05) is 259 Å². The zero-order valence-corrected chi connectivity index (χ0v) is 41.1. The molecule has 0 saturated carbocycles. The van der Waals surface area contributed by atoms with Crippen LogP contribution in [-0.4, -0.2) is 37.2 Å². The third-order valence-corrected chi connectivity index (χ3v) is 12.6. The average molecular weight is 849 g/mol. The number of ether oxygens (including phenoxy) is 3. The second-order valence-corrected chi connectivity index (χ2v) is 19.2. The highest BCUT2D eigenvalue weighted by atomic mass is 16.6. The predicted octanol–water partition coefficient (Wildman–Crippen LogP) is 17.3. The largest absolute Gasteiger partial charge is 0.462 e. The molecule has 0 aromatic carbocycles. The van der Waals surface area contributed by atoms with Crippen LogP contribution >= 0.6 is 0 Å². The van der Waals surface area contributed by atoms with Crippen LogP contribution in [0.15, 0.2) is 0 Å². The van der Waals surface area contributed by atoms with Crippen LogP contribution in [-0.2, 0) is 28.6 Å². The highest BCUT2D eigenvalue weighted by Crippen LogP contribution is 2.18. The van der Waals surface area contributed by atoms with Crippen molar-refractivity contribution >= 4 is 17.9 Å². The molecule has 0 aliphatic heterocycles. The van der Waals surface area contributed by atoms with E-state index in [1.165, 1.54) is 186 Å². The summed E-state index contributed by atoms with van der Waals surface area (Å²) in [6, 6.07) is 0. The van der Waals surface area contributed by atoms with Crippen molar-refractivity contribution in [2.24, 2.45) is 11.8 Å².